The third-order valence-corrected chi connectivity index (χ3v) is 2.10. The molecule has 0 spiro atoms. The first-order valence-corrected chi connectivity index (χ1v) is 4.46. The van der Waals surface area contributed by atoms with E-state index in [4.69, 9.17) is 4.74 Å². The van der Waals surface area contributed by atoms with E-state index in [-0.39, 0.29) is 17.8 Å². The molecule has 0 radical (unpaired) electrons. The maximum Gasteiger partial charge on any atom is 0.219 e. The molecule has 0 N–H and O–H groups in total. The van der Waals surface area contributed by atoms with E-state index in [1.54, 1.807) is 4.90 Å². The Morgan fingerprint density at radius 1 is 1.46 bits per heavy atom. The molecule has 4 heteroatoms. The smallest absolute Gasteiger partial charge is 0.219 e. The van der Waals surface area contributed by atoms with Crippen LogP contribution in [0.2, 0.25) is 0 Å². The third-order valence-electron chi connectivity index (χ3n) is 2.10. The topological polar surface area (TPSA) is 46.6 Å². The molecule has 0 bridgehead atoms. The number of carbonyl (C=O) groups excluding carboxylic acids is 2. The third kappa shape index (κ3) is 3.14. The van der Waals surface area contributed by atoms with Crippen LogP contribution in [0.4, 0.5) is 0 Å². The van der Waals surface area contributed by atoms with E-state index in [0.29, 0.717) is 26.1 Å². The first kappa shape index (κ1) is 10.2. The molecule has 0 saturated carbocycles. The summed E-state index contributed by atoms with van der Waals surface area (Å²) in [7, 11) is 0. The number of rotatable bonds is 2. The van der Waals surface area contributed by atoms with Crippen molar-refractivity contribution in [2.45, 2.75) is 26.4 Å². The predicted octanol–water partition coefficient (Wildman–Crippen LogP) is 0.213. The van der Waals surface area contributed by atoms with Crippen molar-refractivity contribution in [3.05, 3.63) is 0 Å². The number of morpholine rings is 1. The molecule has 0 aromatic rings. The highest BCUT2D eigenvalue weighted by atomic mass is 16.5. The van der Waals surface area contributed by atoms with Crippen LogP contribution in [0, 0.1) is 0 Å². The Labute approximate surface area is 77.8 Å². The van der Waals surface area contributed by atoms with Gasteiger partial charge in [0.25, 0.3) is 0 Å². The van der Waals surface area contributed by atoms with Crippen molar-refractivity contribution < 1.29 is 14.3 Å². The fraction of sp³-hybridized carbons (Fsp3) is 0.778. The van der Waals surface area contributed by atoms with Crippen LogP contribution in [0.15, 0.2) is 0 Å². The van der Waals surface area contributed by atoms with Gasteiger partial charge in [0.2, 0.25) is 5.91 Å². The van der Waals surface area contributed by atoms with Gasteiger partial charge >= 0.3 is 0 Å². The number of carbonyl (C=O) groups is 2. The Balaban J connectivity index is 2.41. The lowest BCUT2D eigenvalue weighted by molar-refractivity contribution is -0.138. The molecule has 1 saturated heterocycles. The standard InChI is InChI=1S/C9H15NO3/c1-7(11)5-9-6-10(8(2)12)3-4-13-9/h9H,3-6H2,1-2H3. The van der Waals surface area contributed by atoms with Crippen LogP contribution in [-0.4, -0.2) is 42.4 Å². The quantitative estimate of drug-likeness (QED) is 0.618. The summed E-state index contributed by atoms with van der Waals surface area (Å²) in [6.07, 6.45) is 0.305. The average Bonchev–Trinajstić information content (AvgIpc) is 2.03. The predicted molar refractivity (Wildman–Crippen MR) is 47.3 cm³/mol. The van der Waals surface area contributed by atoms with Gasteiger partial charge in [0.1, 0.15) is 5.78 Å². The first-order chi connectivity index (χ1) is 6.09. The van der Waals surface area contributed by atoms with Crippen molar-refractivity contribution in [1.29, 1.82) is 0 Å². The Morgan fingerprint density at radius 3 is 2.69 bits per heavy atom. The van der Waals surface area contributed by atoms with Crippen LogP contribution in [0.5, 0.6) is 0 Å². The van der Waals surface area contributed by atoms with Crippen molar-refractivity contribution in [1.82, 2.24) is 4.90 Å². The number of hydrogen-bond donors (Lipinski definition) is 0. The minimum atomic E-state index is -0.102. The fourth-order valence-corrected chi connectivity index (χ4v) is 1.45. The van der Waals surface area contributed by atoms with Gasteiger partial charge in [-0.05, 0) is 6.92 Å². The van der Waals surface area contributed by atoms with Gasteiger partial charge in [-0.2, -0.15) is 0 Å². The SMILES string of the molecule is CC(=O)CC1CN(C(C)=O)CCO1. The molecular weight excluding hydrogens is 170 g/mol. The van der Waals surface area contributed by atoms with Crippen molar-refractivity contribution in [3.8, 4) is 0 Å². The lowest BCUT2D eigenvalue weighted by Gasteiger charge is -2.31. The zero-order chi connectivity index (χ0) is 9.84. The molecule has 74 valence electrons. The van der Waals surface area contributed by atoms with Gasteiger partial charge in [-0.15, -0.1) is 0 Å². The molecule has 1 unspecified atom stereocenters. The molecule has 0 aliphatic carbocycles. The molecule has 1 atom stereocenters. The van der Waals surface area contributed by atoms with E-state index in [2.05, 4.69) is 0 Å². The Hall–Kier alpha value is -0.900. The number of Topliss-reactive ketones (excluding diaryl/α,β-unsaturated/α-hetero) is 1. The summed E-state index contributed by atoms with van der Waals surface area (Å²) in [6.45, 7) is 4.81. The van der Waals surface area contributed by atoms with E-state index in [9.17, 15) is 9.59 Å². The molecule has 1 rings (SSSR count). The maximum atomic E-state index is 11.0. The average molecular weight is 185 g/mol. The lowest BCUT2D eigenvalue weighted by Crippen LogP contribution is -2.45. The second kappa shape index (κ2) is 4.37. The van der Waals surface area contributed by atoms with Crippen LogP contribution >= 0.6 is 0 Å². The number of nitrogens with zero attached hydrogens (tertiary/aromatic N) is 1. The van der Waals surface area contributed by atoms with E-state index >= 15 is 0 Å². The Bertz CT molecular complexity index is 215. The summed E-state index contributed by atoms with van der Waals surface area (Å²) in [4.78, 5) is 23.5. The highest BCUT2D eigenvalue weighted by molar-refractivity contribution is 5.76. The number of ketones is 1. The molecule has 4 nitrogen and oxygen atoms in total. The normalized spacial score (nSPS) is 22.9. The van der Waals surface area contributed by atoms with Gasteiger partial charge in [-0.1, -0.05) is 0 Å². The molecule has 1 amide bonds. The van der Waals surface area contributed by atoms with Crippen molar-refractivity contribution in [2.75, 3.05) is 19.7 Å². The fourth-order valence-electron chi connectivity index (χ4n) is 1.45. The minimum Gasteiger partial charge on any atom is -0.374 e. The summed E-state index contributed by atoms with van der Waals surface area (Å²) in [5, 5.41) is 0. The van der Waals surface area contributed by atoms with E-state index < -0.39 is 0 Å². The summed E-state index contributed by atoms with van der Waals surface area (Å²) in [5.74, 6) is 0.159. The maximum absolute atomic E-state index is 11.0. The van der Waals surface area contributed by atoms with Gasteiger partial charge in [-0.25, -0.2) is 0 Å². The monoisotopic (exact) mass is 185 g/mol. The number of ether oxygens (including phenoxy) is 1. The van der Waals surface area contributed by atoms with Crippen LogP contribution in [-0.2, 0) is 14.3 Å². The van der Waals surface area contributed by atoms with Crippen molar-refractivity contribution >= 4 is 11.7 Å². The molecule has 1 heterocycles. The van der Waals surface area contributed by atoms with Gasteiger partial charge in [0.05, 0.1) is 12.7 Å². The van der Waals surface area contributed by atoms with Gasteiger partial charge in [0, 0.05) is 26.4 Å². The highest BCUT2D eigenvalue weighted by Crippen LogP contribution is 2.08. The van der Waals surface area contributed by atoms with Crippen LogP contribution in [0.3, 0.4) is 0 Å². The van der Waals surface area contributed by atoms with E-state index in [1.165, 1.54) is 13.8 Å². The molecule has 0 aromatic heterocycles. The summed E-state index contributed by atoms with van der Waals surface area (Å²) >= 11 is 0. The Morgan fingerprint density at radius 2 is 2.15 bits per heavy atom. The molecule has 1 fully saturated rings. The Kier molecular flexibility index (Phi) is 3.42. The van der Waals surface area contributed by atoms with Crippen LogP contribution in [0.1, 0.15) is 20.3 Å². The first-order valence-electron chi connectivity index (χ1n) is 4.46. The summed E-state index contributed by atoms with van der Waals surface area (Å²) < 4.78 is 5.35. The van der Waals surface area contributed by atoms with Crippen molar-refractivity contribution in [3.63, 3.8) is 0 Å². The number of amides is 1. The van der Waals surface area contributed by atoms with Crippen LogP contribution in [0.25, 0.3) is 0 Å². The second-order valence-electron chi connectivity index (χ2n) is 3.36. The largest absolute Gasteiger partial charge is 0.374 e. The summed E-state index contributed by atoms with van der Waals surface area (Å²) in [6, 6.07) is 0. The zero-order valence-corrected chi connectivity index (χ0v) is 8.08. The van der Waals surface area contributed by atoms with Crippen molar-refractivity contribution in [2.24, 2.45) is 0 Å². The molecule has 0 aromatic carbocycles. The van der Waals surface area contributed by atoms with Crippen LogP contribution < -0.4 is 0 Å². The van der Waals surface area contributed by atoms with Gasteiger partial charge in [0.15, 0.2) is 0 Å². The minimum absolute atomic E-state index is 0.0526. The van der Waals surface area contributed by atoms with E-state index in [0.717, 1.165) is 0 Å². The number of hydrogen-bond acceptors (Lipinski definition) is 3. The van der Waals surface area contributed by atoms with Gasteiger partial charge in [-0.3, -0.25) is 9.59 Å². The summed E-state index contributed by atoms with van der Waals surface area (Å²) in [5.41, 5.74) is 0. The highest BCUT2D eigenvalue weighted by Gasteiger charge is 2.22. The lowest BCUT2D eigenvalue weighted by atomic mass is 10.1. The molecule has 1 aliphatic rings. The second-order valence-corrected chi connectivity index (χ2v) is 3.36. The molecular formula is C9H15NO3. The zero-order valence-electron chi connectivity index (χ0n) is 8.08. The molecule has 1 aliphatic heterocycles. The molecule has 13 heavy (non-hydrogen) atoms. The van der Waals surface area contributed by atoms with E-state index in [1.807, 2.05) is 0 Å². The van der Waals surface area contributed by atoms with Gasteiger partial charge < -0.3 is 9.64 Å².